The molecule has 0 saturated heterocycles. The van der Waals surface area contributed by atoms with E-state index in [0.29, 0.717) is 10.6 Å². The zero-order chi connectivity index (χ0) is 19.1. The number of hydrogen-bond acceptors (Lipinski definition) is 6. The van der Waals surface area contributed by atoms with Crippen LogP contribution in [0.2, 0.25) is 0 Å². The Morgan fingerprint density at radius 1 is 1.19 bits per heavy atom. The lowest BCUT2D eigenvalue weighted by molar-refractivity contribution is -0.141. The van der Waals surface area contributed by atoms with Gasteiger partial charge in [0.25, 0.3) is 0 Å². The van der Waals surface area contributed by atoms with Gasteiger partial charge in [0.2, 0.25) is 11.7 Å². The number of aryl methyl sites for hydroxylation is 1. The number of thiophene rings is 1. The van der Waals surface area contributed by atoms with Crippen molar-refractivity contribution in [2.24, 2.45) is 0 Å². The summed E-state index contributed by atoms with van der Waals surface area (Å²) in [5.74, 6) is -1.47. The summed E-state index contributed by atoms with van der Waals surface area (Å²) in [5.41, 5.74) is 0.476. The number of halogens is 1. The maximum atomic E-state index is 12.8. The topological polar surface area (TPSA) is 72.5 Å². The van der Waals surface area contributed by atoms with Crippen LogP contribution in [0.15, 0.2) is 36.4 Å². The third-order valence-corrected chi connectivity index (χ3v) is 5.45. The average Bonchev–Trinajstić information content (AvgIpc) is 3.05. The monoisotopic (exact) mass is 395 g/mol. The number of carbonyl (C=O) groups excluding carboxylic acids is 3. The van der Waals surface area contributed by atoms with Crippen molar-refractivity contribution in [2.75, 3.05) is 17.7 Å². The molecule has 0 radical (unpaired) electrons. The lowest BCUT2D eigenvalue weighted by Gasteiger charge is -2.11. The van der Waals surface area contributed by atoms with Crippen LogP contribution in [0.1, 0.15) is 21.5 Å². The highest BCUT2D eigenvalue weighted by atomic mass is 32.2. The molecule has 0 aliphatic rings. The summed E-state index contributed by atoms with van der Waals surface area (Å²) in [4.78, 5) is 37.2. The van der Waals surface area contributed by atoms with Gasteiger partial charge in [0.1, 0.15) is 11.1 Å². The summed E-state index contributed by atoms with van der Waals surface area (Å²) in [6, 6.07) is 8.93. The highest BCUT2D eigenvalue weighted by molar-refractivity contribution is 8.01. The van der Waals surface area contributed by atoms with Crippen LogP contribution in [-0.2, 0) is 14.3 Å². The Morgan fingerprint density at radius 2 is 1.88 bits per heavy atom. The van der Waals surface area contributed by atoms with E-state index in [9.17, 15) is 18.8 Å². The van der Waals surface area contributed by atoms with Gasteiger partial charge in [-0.05, 0) is 50.2 Å². The van der Waals surface area contributed by atoms with Crippen LogP contribution in [0.4, 0.5) is 10.1 Å². The van der Waals surface area contributed by atoms with Crippen molar-refractivity contribution >= 4 is 46.4 Å². The van der Waals surface area contributed by atoms with Gasteiger partial charge >= 0.3 is 5.97 Å². The lowest BCUT2D eigenvalue weighted by atomic mass is 10.3. The summed E-state index contributed by atoms with van der Waals surface area (Å²) in [6.45, 7) is 3.19. The van der Waals surface area contributed by atoms with Gasteiger partial charge in [-0.15, -0.1) is 23.1 Å². The molecular formula is C18H18FNO4S2. The van der Waals surface area contributed by atoms with Crippen LogP contribution in [-0.4, -0.2) is 35.3 Å². The molecule has 1 amide bonds. The molecule has 1 N–H and O–H groups in total. The molecule has 1 atom stereocenters. The number of hydrogen-bond donors (Lipinski definition) is 1. The minimum absolute atomic E-state index is 0.0334. The van der Waals surface area contributed by atoms with Crippen molar-refractivity contribution in [3.8, 4) is 0 Å². The van der Waals surface area contributed by atoms with E-state index < -0.39 is 11.2 Å². The number of benzene rings is 1. The van der Waals surface area contributed by atoms with Crippen LogP contribution in [0.25, 0.3) is 0 Å². The molecule has 1 aromatic carbocycles. The molecule has 0 saturated carbocycles. The highest BCUT2D eigenvalue weighted by Crippen LogP contribution is 2.17. The number of ketones is 1. The Morgan fingerprint density at radius 3 is 2.50 bits per heavy atom. The predicted molar refractivity (Wildman–Crippen MR) is 101 cm³/mol. The molecule has 1 heterocycles. The molecule has 5 nitrogen and oxygen atoms in total. The molecule has 0 aliphatic heterocycles. The summed E-state index contributed by atoms with van der Waals surface area (Å²) >= 11 is 2.45. The van der Waals surface area contributed by atoms with E-state index in [1.54, 1.807) is 13.0 Å². The van der Waals surface area contributed by atoms with Gasteiger partial charge in [0, 0.05) is 10.6 Å². The molecule has 0 spiro atoms. The van der Waals surface area contributed by atoms with Crippen molar-refractivity contribution < 1.29 is 23.5 Å². The van der Waals surface area contributed by atoms with Crippen molar-refractivity contribution in [1.82, 2.24) is 0 Å². The van der Waals surface area contributed by atoms with E-state index in [4.69, 9.17) is 4.74 Å². The van der Waals surface area contributed by atoms with Crippen molar-refractivity contribution in [1.29, 1.82) is 0 Å². The minimum atomic E-state index is -0.591. The first kappa shape index (κ1) is 20.1. The third kappa shape index (κ3) is 6.27. The number of rotatable bonds is 8. The number of ether oxygens (including phenoxy) is 1. The Bertz CT molecular complexity index is 789. The third-order valence-electron chi connectivity index (χ3n) is 3.29. The van der Waals surface area contributed by atoms with Crippen molar-refractivity contribution in [2.45, 2.75) is 19.1 Å². The van der Waals surface area contributed by atoms with E-state index in [1.807, 2.05) is 13.0 Å². The Kier molecular flexibility index (Phi) is 7.35. The van der Waals surface area contributed by atoms with Crippen LogP contribution in [0, 0.1) is 12.7 Å². The number of amides is 1. The fourth-order valence-corrected chi connectivity index (χ4v) is 3.38. The number of Topliss-reactive ketones (excluding diaryl/α,β-unsaturated/α-hetero) is 1. The molecule has 8 heteroatoms. The normalized spacial score (nSPS) is 11.7. The fraction of sp³-hybridized carbons (Fsp3) is 0.278. The maximum absolute atomic E-state index is 12.8. The van der Waals surface area contributed by atoms with Gasteiger partial charge in [-0.1, -0.05) is 0 Å². The predicted octanol–water partition coefficient (Wildman–Crippen LogP) is 3.68. The lowest BCUT2D eigenvalue weighted by Crippen LogP contribution is -2.23. The standard InChI is InChI=1S/C18H18FNO4S2/c1-11-3-8-16(26-11)15(21)9-24-18(23)12(2)25-10-17(22)20-14-6-4-13(19)5-7-14/h3-8,12H,9-10H2,1-2H3,(H,20,22). The molecule has 2 aromatic rings. The van der Waals surface area contributed by atoms with Crippen LogP contribution in [0.3, 0.4) is 0 Å². The van der Waals surface area contributed by atoms with E-state index >= 15 is 0 Å². The number of anilines is 1. The van der Waals surface area contributed by atoms with E-state index in [2.05, 4.69) is 5.32 Å². The van der Waals surface area contributed by atoms with Gasteiger partial charge in [-0.25, -0.2) is 4.39 Å². The van der Waals surface area contributed by atoms with Crippen LogP contribution < -0.4 is 5.32 Å². The van der Waals surface area contributed by atoms with Gasteiger partial charge in [-0.2, -0.15) is 0 Å². The molecule has 1 aromatic heterocycles. The van der Waals surface area contributed by atoms with Crippen molar-refractivity contribution in [3.63, 3.8) is 0 Å². The van der Waals surface area contributed by atoms with Gasteiger partial charge < -0.3 is 10.1 Å². The van der Waals surface area contributed by atoms with E-state index in [0.717, 1.165) is 16.6 Å². The number of thioether (sulfide) groups is 1. The molecule has 26 heavy (non-hydrogen) atoms. The van der Waals surface area contributed by atoms with Crippen LogP contribution >= 0.6 is 23.1 Å². The van der Waals surface area contributed by atoms with Gasteiger partial charge in [0.05, 0.1) is 10.6 Å². The quantitative estimate of drug-likeness (QED) is 0.545. The van der Waals surface area contributed by atoms with Gasteiger partial charge in [-0.3, -0.25) is 14.4 Å². The van der Waals surface area contributed by atoms with Crippen molar-refractivity contribution in [3.05, 3.63) is 52.0 Å². The summed E-state index contributed by atoms with van der Waals surface area (Å²) in [7, 11) is 0. The second kappa shape index (κ2) is 9.49. The zero-order valence-electron chi connectivity index (χ0n) is 14.3. The zero-order valence-corrected chi connectivity index (χ0v) is 15.9. The molecule has 0 bridgehead atoms. The molecule has 2 rings (SSSR count). The molecule has 1 unspecified atom stereocenters. The first-order valence-corrected chi connectivity index (χ1v) is 9.65. The SMILES string of the molecule is Cc1ccc(C(=O)COC(=O)C(C)SCC(=O)Nc2ccc(F)cc2)s1. The first-order valence-electron chi connectivity index (χ1n) is 7.78. The van der Waals surface area contributed by atoms with E-state index in [-0.39, 0.29) is 29.9 Å². The Balaban J connectivity index is 1.71. The molecular weight excluding hydrogens is 377 g/mol. The number of esters is 1. The number of carbonyl (C=O) groups is 3. The Labute approximate surface area is 158 Å². The second-order valence-corrected chi connectivity index (χ2v) is 8.07. The van der Waals surface area contributed by atoms with Gasteiger partial charge in [0.15, 0.2) is 6.61 Å². The number of nitrogens with one attached hydrogen (secondary N) is 1. The summed E-state index contributed by atoms with van der Waals surface area (Å²) < 4.78 is 17.8. The minimum Gasteiger partial charge on any atom is -0.456 e. The molecule has 0 aliphatic carbocycles. The summed E-state index contributed by atoms with van der Waals surface area (Å²) in [5, 5.41) is 2.02. The summed E-state index contributed by atoms with van der Waals surface area (Å²) in [6.07, 6.45) is 0. The van der Waals surface area contributed by atoms with E-state index in [1.165, 1.54) is 35.6 Å². The second-order valence-electron chi connectivity index (χ2n) is 5.45. The molecule has 0 fully saturated rings. The maximum Gasteiger partial charge on any atom is 0.319 e. The fourth-order valence-electron chi connectivity index (χ4n) is 1.91. The van der Waals surface area contributed by atoms with Crippen LogP contribution in [0.5, 0.6) is 0 Å². The smallest absolute Gasteiger partial charge is 0.319 e. The molecule has 138 valence electrons. The Hall–Kier alpha value is -2.19. The largest absolute Gasteiger partial charge is 0.456 e. The highest BCUT2D eigenvalue weighted by Gasteiger charge is 2.19. The average molecular weight is 395 g/mol. The first-order chi connectivity index (χ1) is 12.3.